The molecule has 9 heteroatoms. The highest BCUT2D eigenvalue weighted by Gasteiger charge is 2.25. The minimum absolute atomic E-state index is 0.172. The van der Waals surface area contributed by atoms with Gasteiger partial charge < -0.3 is 28.5 Å². The molecule has 1 N–H and O–H groups in total. The normalized spacial score (nSPS) is 12.5. The summed E-state index contributed by atoms with van der Waals surface area (Å²) < 4.78 is 23.1. The van der Waals surface area contributed by atoms with E-state index in [0.717, 1.165) is 38.5 Å². The summed E-state index contributed by atoms with van der Waals surface area (Å²) in [6.07, 6.45) is 82.6. The predicted octanol–water partition coefficient (Wildman–Crippen LogP) is 24.6. The van der Waals surface area contributed by atoms with Crippen LogP contribution in [0.1, 0.15) is 425 Å². The monoisotopic (exact) mass is 1230 g/mol. The first-order valence-electron chi connectivity index (χ1n) is 39.2. The zero-order valence-corrected chi connectivity index (χ0v) is 59.5. The molecule has 0 fully saturated rings. The largest absolute Gasteiger partial charge is 0.477 e. The quantitative estimate of drug-likeness (QED) is 0.0278. The van der Waals surface area contributed by atoms with Gasteiger partial charge in [0.05, 0.1) is 34.4 Å². The highest BCUT2D eigenvalue weighted by Crippen LogP contribution is 2.21. The molecule has 0 aromatic heterocycles. The first kappa shape index (κ1) is 85.3. The molecular formula is C78H154NO8+. The Kier molecular flexibility index (Phi) is 68.8. The number of carboxylic acid groups (broad SMARTS) is 1. The Hall–Kier alpha value is -1.71. The van der Waals surface area contributed by atoms with Crippen molar-refractivity contribution in [1.29, 1.82) is 0 Å². The van der Waals surface area contributed by atoms with Crippen LogP contribution < -0.4 is 0 Å². The Morgan fingerprint density at radius 3 is 0.736 bits per heavy atom. The second-order valence-corrected chi connectivity index (χ2v) is 28.4. The van der Waals surface area contributed by atoms with Gasteiger partial charge in [-0.25, -0.2) is 4.79 Å². The van der Waals surface area contributed by atoms with E-state index in [9.17, 15) is 19.5 Å². The minimum atomic E-state index is -1.51. The van der Waals surface area contributed by atoms with Gasteiger partial charge in [0.1, 0.15) is 13.2 Å². The molecule has 0 radical (unpaired) electrons. The number of carboxylic acids is 1. The van der Waals surface area contributed by atoms with Crippen LogP contribution in [-0.4, -0.2) is 87.4 Å². The number of quaternary nitrogens is 1. The number of unbranched alkanes of at least 4 members (excludes halogenated alkanes) is 60. The number of aliphatic carboxylic acids is 1. The molecule has 87 heavy (non-hydrogen) atoms. The maximum Gasteiger partial charge on any atom is 0.361 e. The van der Waals surface area contributed by atoms with Gasteiger partial charge in [-0.3, -0.25) is 9.59 Å². The van der Waals surface area contributed by atoms with E-state index in [1.54, 1.807) is 0 Å². The van der Waals surface area contributed by atoms with Crippen LogP contribution in [-0.2, 0) is 33.3 Å². The van der Waals surface area contributed by atoms with Crippen molar-refractivity contribution in [1.82, 2.24) is 0 Å². The molecular weight excluding hydrogens is 1080 g/mol. The summed E-state index contributed by atoms with van der Waals surface area (Å²) in [6, 6.07) is 0. The van der Waals surface area contributed by atoms with Crippen LogP contribution in [0.4, 0.5) is 0 Å². The van der Waals surface area contributed by atoms with E-state index in [1.165, 1.54) is 360 Å². The summed E-state index contributed by atoms with van der Waals surface area (Å²) >= 11 is 0. The third kappa shape index (κ3) is 71.6. The second kappa shape index (κ2) is 70.2. The lowest BCUT2D eigenvalue weighted by molar-refractivity contribution is -0.870. The Labute approximate surface area is 543 Å². The van der Waals surface area contributed by atoms with Gasteiger partial charge in [-0.2, -0.15) is 0 Å². The van der Waals surface area contributed by atoms with Gasteiger partial charge in [0, 0.05) is 12.8 Å². The lowest BCUT2D eigenvalue weighted by Crippen LogP contribution is -2.40. The van der Waals surface area contributed by atoms with Crippen molar-refractivity contribution in [2.75, 3.05) is 47.5 Å². The molecule has 0 saturated carbocycles. The zero-order chi connectivity index (χ0) is 63.3. The molecule has 0 aromatic carbocycles. The lowest BCUT2D eigenvalue weighted by atomic mass is 10.0. The number of hydrogen-bond acceptors (Lipinski definition) is 7. The van der Waals surface area contributed by atoms with Crippen molar-refractivity contribution in [3.05, 3.63) is 0 Å². The number of hydrogen-bond donors (Lipinski definition) is 1. The van der Waals surface area contributed by atoms with Crippen LogP contribution in [0, 0.1) is 0 Å². The molecule has 0 saturated heterocycles. The van der Waals surface area contributed by atoms with Crippen LogP contribution in [0.15, 0.2) is 0 Å². The van der Waals surface area contributed by atoms with Crippen molar-refractivity contribution in [3.63, 3.8) is 0 Å². The van der Waals surface area contributed by atoms with Crippen molar-refractivity contribution in [3.8, 4) is 0 Å². The molecule has 0 bridgehead atoms. The number of nitrogens with zero attached hydrogens (tertiary/aromatic N) is 1. The van der Waals surface area contributed by atoms with E-state index in [4.69, 9.17) is 18.9 Å². The maximum atomic E-state index is 13.0. The Bertz CT molecular complexity index is 1390. The Balaban J connectivity index is 3.97. The Morgan fingerprint density at radius 2 is 0.517 bits per heavy atom. The maximum absolute atomic E-state index is 13.0. The van der Waals surface area contributed by atoms with Gasteiger partial charge in [-0.1, -0.05) is 399 Å². The predicted molar refractivity (Wildman–Crippen MR) is 374 cm³/mol. The average molecular weight is 1230 g/mol. The smallest absolute Gasteiger partial charge is 0.361 e. The second-order valence-electron chi connectivity index (χ2n) is 28.4. The molecule has 0 aliphatic carbocycles. The van der Waals surface area contributed by atoms with Gasteiger partial charge in [0.2, 0.25) is 0 Å². The van der Waals surface area contributed by atoms with Crippen LogP contribution in [0.5, 0.6) is 0 Å². The number of carbonyl (C=O) groups excluding carboxylic acids is 2. The van der Waals surface area contributed by atoms with Gasteiger partial charge in [-0.05, 0) is 12.8 Å². The SMILES string of the molecule is CCCCCCCCCCCCCCCCCCCCCCCCCCCCCCCCCCC(=O)OC(COC(=O)CCCCCCCCCCCCCCCCCCCCCCCCCCCCCCCC)COC(OCC[N+](C)(C)C)C(=O)O. The van der Waals surface area contributed by atoms with Crippen LogP contribution in [0.2, 0.25) is 0 Å². The van der Waals surface area contributed by atoms with Gasteiger partial charge in [0.25, 0.3) is 6.29 Å². The molecule has 0 spiro atoms. The average Bonchev–Trinajstić information content (AvgIpc) is 3.56. The molecule has 0 aliphatic rings. The molecule has 0 amide bonds. The first-order valence-corrected chi connectivity index (χ1v) is 39.2. The van der Waals surface area contributed by atoms with E-state index >= 15 is 0 Å². The topological polar surface area (TPSA) is 108 Å². The van der Waals surface area contributed by atoms with Gasteiger partial charge >= 0.3 is 17.9 Å². The highest BCUT2D eigenvalue weighted by atomic mass is 16.7. The minimum Gasteiger partial charge on any atom is -0.477 e. The number of likely N-dealkylation sites (N-methyl/N-ethyl adjacent to an activating group) is 1. The number of rotatable bonds is 75. The van der Waals surface area contributed by atoms with Crippen molar-refractivity contribution in [2.24, 2.45) is 0 Å². The third-order valence-electron chi connectivity index (χ3n) is 18.4. The first-order chi connectivity index (χ1) is 42.6. The van der Waals surface area contributed by atoms with Crippen LogP contribution >= 0.6 is 0 Å². The summed E-state index contributed by atoms with van der Waals surface area (Å²) in [5.41, 5.74) is 0. The molecule has 0 aliphatic heterocycles. The molecule has 0 aromatic rings. The van der Waals surface area contributed by atoms with Gasteiger partial charge in [0.15, 0.2) is 6.10 Å². The molecule has 2 atom stereocenters. The van der Waals surface area contributed by atoms with E-state index in [2.05, 4.69) is 13.8 Å². The summed E-state index contributed by atoms with van der Waals surface area (Å²) in [7, 11) is 6.00. The Morgan fingerprint density at radius 1 is 0.299 bits per heavy atom. The fourth-order valence-corrected chi connectivity index (χ4v) is 12.4. The molecule has 518 valence electrons. The number of esters is 2. The van der Waals surface area contributed by atoms with Crippen molar-refractivity contribution < 1.29 is 42.9 Å². The lowest BCUT2D eigenvalue weighted by Gasteiger charge is -2.25. The number of ether oxygens (including phenoxy) is 4. The van der Waals surface area contributed by atoms with E-state index in [0.29, 0.717) is 17.4 Å². The molecule has 9 nitrogen and oxygen atoms in total. The van der Waals surface area contributed by atoms with Gasteiger partial charge in [-0.15, -0.1) is 0 Å². The summed E-state index contributed by atoms with van der Waals surface area (Å²) in [5.74, 6) is -1.96. The van der Waals surface area contributed by atoms with E-state index in [1.807, 2.05) is 21.1 Å². The van der Waals surface area contributed by atoms with Crippen molar-refractivity contribution >= 4 is 17.9 Å². The zero-order valence-electron chi connectivity index (χ0n) is 59.5. The standard InChI is InChI=1S/C78H153NO8/c1-6-8-10-12-14-16-18-20-22-24-26-28-30-32-34-36-38-39-41-43-45-47-49-51-53-55-57-59-61-63-65-67-69-76(81)87-74(73-86-78(77(82)83)84-71-70-79(3,4)5)72-85-75(80)68-66-64-62-60-58-56-54-52-50-48-46-44-42-40-37-35-33-31-29-27-25-23-21-19-17-15-13-11-9-7-2/h74,78H,6-73H2,1-5H3/p+1. The summed E-state index contributed by atoms with van der Waals surface area (Å²) in [6.45, 7) is 4.99. The highest BCUT2D eigenvalue weighted by molar-refractivity contribution is 5.71. The van der Waals surface area contributed by atoms with E-state index < -0.39 is 18.4 Å². The van der Waals surface area contributed by atoms with Crippen LogP contribution in [0.3, 0.4) is 0 Å². The number of carbonyl (C=O) groups is 3. The van der Waals surface area contributed by atoms with Crippen molar-refractivity contribution in [2.45, 2.75) is 437 Å². The van der Waals surface area contributed by atoms with Crippen LogP contribution in [0.25, 0.3) is 0 Å². The molecule has 0 heterocycles. The summed E-state index contributed by atoms with van der Waals surface area (Å²) in [4.78, 5) is 37.7. The fraction of sp³-hybridized carbons (Fsp3) is 0.962. The van der Waals surface area contributed by atoms with E-state index in [-0.39, 0.29) is 38.2 Å². The fourth-order valence-electron chi connectivity index (χ4n) is 12.4. The third-order valence-corrected chi connectivity index (χ3v) is 18.4. The summed E-state index contributed by atoms with van der Waals surface area (Å²) in [5, 5.41) is 9.77. The molecule has 2 unspecified atom stereocenters. The molecule has 0 rings (SSSR count).